The van der Waals surface area contributed by atoms with Crippen molar-refractivity contribution in [3.05, 3.63) is 58.4 Å². The molecule has 0 fully saturated rings. The van der Waals surface area contributed by atoms with E-state index in [2.05, 4.69) is 4.98 Å². The number of H-pyrrole nitrogens is 1. The summed E-state index contributed by atoms with van der Waals surface area (Å²) in [7, 11) is 2.98. The van der Waals surface area contributed by atoms with Crippen molar-refractivity contribution in [3.8, 4) is 0 Å². The van der Waals surface area contributed by atoms with E-state index >= 15 is 0 Å². The van der Waals surface area contributed by atoms with Crippen LogP contribution in [0.4, 0.5) is 0 Å². The van der Waals surface area contributed by atoms with Gasteiger partial charge in [0.15, 0.2) is 5.78 Å². The third kappa shape index (κ3) is 4.15. The number of nitrogens with one attached hydrogen (secondary N) is 1. The minimum atomic E-state index is -0.560. The minimum Gasteiger partial charge on any atom is -0.465 e. The molecule has 1 N–H and O–H groups in total. The Morgan fingerprint density at radius 3 is 2.36 bits per heavy atom. The normalized spacial score (nSPS) is 10.4. The van der Waals surface area contributed by atoms with Gasteiger partial charge in [0.1, 0.15) is 0 Å². The van der Waals surface area contributed by atoms with Crippen LogP contribution in [-0.4, -0.2) is 41.7 Å². The molecule has 0 aliphatic heterocycles. The predicted octanol–water partition coefficient (Wildman–Crippen LogP) is 2.51. The number of benzene rings is 1. The summed E-state index contributed by atoms with van der Waals surface area (Å²) in [5, 5.41) is 0. The first kappa shape index (κ1) is 18.4. The van der Waals surface area contributed by atoms with Crippen LogP contribution in [0.2, 0.25) is 0 Å². The third-order valence-corrected chi connectivity index (χ3v) is 4.09. The van der Waals surface area contributed by atoms with E-state index in [1.165, 1.54) is 14.0 Å². The van der Waals surface area contributed by atoms with Gasteiger partial charge in [-0.1, -0.05) is 30.3 Å². The second kappa shape index (κ2) is 7.79. The molecule has 132 valence electrons. The standard InChI is InChI=1S/C19H22N2O4/c1-12-17(19(24)25-4)15(20-18(12)13(2)22)10-16(23)21(3)11-14-8-6-5-7-9-14/h5-9,20H,10-11H2,1-4H3. The minimum absolute atomic E-state index is 0.0120. The number of Topliss-reactive ketones (excluding diaryl/α,β-unsaturated/α-hetero) is 1. The Hall–Kier alpha value is -2.89. The lowest BCUT2D eigenvalue weighted by Gasteiger charge is -2.17. The van der Waals surface area contributed by atoms with Gasteiger partial charge in [-0.05, 0) is 18.1 Å². The number of nitrogens with zero attached hydrogens (tertiary/aromatic N) is 1. The molecule has 0 aliphatic carbocycles. The smallest absolute Gasteiger partial charge is 0.339 e. The number of methoxy groups -OCH3 is 1. The lowest BCUT2D eigenvalue weighted by Crippen LogP contribution is -2.28. The van der Waals surface area contributed by atoms with Crippen LogP contribution in [0.5, 0.6) is 0 Å². The molecule has 1 aromatic heterocycles. The summed E-state index contributed by atoms with van der Waals surface area (Å²) in [6.07, 6.45) is -0.0120. The first-order valence-corrected chi connectivity index (χ1v) is 7.93. The molecule has 0 unspecified atom stereocenters. The number of carbonyl (C=O) groups excluding carboxylic acids is 3. The molecule has 6 nitrogen and oxygen atoms in total. The van der Waals surface area contributed by atoms with Gasteiger partial charge in [0.25, 0.3) is 0 Å². The number of ether oxygens (including phenoxy) is 1. The van der Waals surface area contributed by atoms with Crippen LogP contribution in [-0.2, 0) is 22.5 Å². The summed E-state index contributed by atoms with van der Waals surface area (Å²) in [4.78, 5) is 40.8. The fourth-order valence-corrected chi connectivity index (χ4v) is 2.75. The Labute approximate surface area is 146 Å². The van der Waals surface area contributed by atoms with E-state index in [-0.39, 0.29) is 23.7 Å². The number of ketones is 1. The molecule has 2 aromatic rings. The van der Waals surface area contributed by atoms with Gasteiger partial charge in [0, 0.05) is 26.2 Å². The average molecular weight is 342 g/mol. The fourth-order valence-electron chi connectivity index (χ4n) is 2.75. The summed E-state index contributed by atoms with van der Waals surface area (Å²) in [6, 6.07) is 9.62. The molecule has 0 atom stereocenters. The monoisotopic (exact) mass is 342 g/mol. The number of rotatable bonds is 6. The summed E-state index contributed by atoms with van der Waals surface area (Å²) in [6.45, 7) is 3.54. The highest BCUT2D eigenvalue weighted by molar-refractivity contribution is 6.01. The Morgan fingerprint density at radius 1 is 1.16 bits per heavy atom. The Morgan fingerprint density at radius 2 is 1.80 bits per heavy atom. The van der Waals surface area contributed by atoms with E-state index in [0.29, 0.717) is 23.5 Å². The van der Waals surface area contributed by atoms with Crippen LogP contribution < -0.4 is 0 Å². The van der Waals surface area contributed by atoms with Crippen molar-refractivity contribution in [2.24, 2.45) is 0 Å². The van der Waals surface area contributed by atoms with Crippen molar-refractivity contribution < 1.29 is 19.1 Å². The molecule has 2 rings (SSSR count). The van der Waals surface area contributed by atoms with Gasteiger partial charge in [-0.2, -0.15) is 0 Å². The van der Waals surface area contributed by atoms with Crippen molar-refractivity contribution in [1.29, 1.82) is 0 Å². The molecule has 1 amide bonds. The summed E-state index contributed by atoms with van der Waals surface area (Å²) >= 11 is 0. The van der Waals surface area contributed by atoms with Crippen molar-refractivity contribution in [2.75, 3.05) is 14.2 Å². The second-order valence-electron chi connectivity index (χ2n) is 5.94. The van der Waals surface area contributed by atoms with Crippen LogP contribution in [0.1, 0.15) is 44.6 Å². The second-order valence-corrected chi connectivity index (χ2v) is 5.94. The van der Waals surface area contributed by atoms with E-state index in [1.54, 1.807) is 18.9 Å². The molecule has 6 heteroatoms. The van der Waals surface area contributed by atoms with Gasteiger partial charge in [-0.3, -0.25) is 9.59 Å². The number of hydrogen-bond acceptors (Lipinski definition) is 4. The quantitative estimate of drug-likeness (QED) is 0.646. The highest BCUT2D eigenvalue weighted by Gasteiger charge is 2.25. The van der Waals surface area contributed by atoms with E-state index in [4.69, 9.17) is 4.74 Å². The Balaban J connectivity index is 2.23. The van der Waals surface area contributed by atoms with Crippen molar-refractivity contribution in [1.82, 2.24) is 9.88 Å². The van der Waals surface area contributed by atoms with Crippen molar-refractivity contribution in [3.63, 3.8) is 0 Å². The molecule has 1 heterocycles. The zero-order chi connectivity index (χ0) is 18.6. The van der Waals surface area contributed by atoms with Gasteiger partial charge in [0.2, 0.25) is 5.91 Å². The zero-order valence-corrected chi connectivity index (χ0v) is 14.9. The highest BCUT2D eigenvalue weighted by atomic mass is 16.5. The van der Waals surface area contributed by atoms with Crippen LogP contribution >= 0.6 is 0 Å². The number of esters is 1. The molecule has 0 spiro atoms. The number of amides is 1. The first-order chi connectivity index (χ1) is 11.8. The molecule has 0 aliphatic rings. The molecule has 0 saturated heterocycles. The maximum absolute atomic E-state index is 12.5. The van der Waals surface area contributed by atoms with Crippen LogP contribution in [0, 0.1) is 6.92 Å². The molecule has 25 heavy (non-hydrogen) atoms. The zero-order valence-electron chi connectivity index (χ0n) is 14.9. The Bertz CT molecular complexity index is 793. The van der Waals surface area contributed by atoms with Crippen molar-refractivity contribution >= 4 is 17.7 Å². The maximum Gasteiger partial charge on any atom is 0.339 e. The average Bonchev–Trinajstić information content (AvgIpc) is 2.91. The van der Waals surface area contributed by atoms with E-state index in [0.717, 1.165) is 5.56 Å². The van der Waals surface area contributed by atoms with Crippen molar-refractivity contribution in [2.45, 2.75) is 26.8 Å². The Kier molecular flexibility index (Phi) is 5.75. The molecular formula is C19H22N2O4. The van der Waals surface area contributed by atoms with E-state index < -0.39 is 5.97 Å². The van der Waals surface area contributed by atoms with Gasteiger partial charge in [-0.15, -0.1) is 0 Å². The van der Waals surface area contributed by atoms with E-state index in [9.17, 15) is 14.4 Å². The summed E-state index contributed by atoms with van der Waals surface area (Å²) in [5.74, 6) is -0.917. The summed E-state index contributed by atoms with van der Waals surface area (Å²) in [5.41, 5.74) is 2.51. The number of carbonyl (C=O) groups is 3. The number of likely N-dealkylation sites (N-methyl/N-ethyl adjacent to an activating group) is 1. The van der Waals surface area contributed by atoms with E-state index in [1.807, 2.05) is 30.3 Å². The highest BCUT2D eigenvalue weighted by Crippen LogP contribution is 2.21. The van der Waals surface area contributed by atoms with Gasteiger partial charge in [-0.25, -0.2) is 4.79 Å². The lowest BCUT2D eigenvalue weighted by molar-refractivity contribution is -0.129. The van der Waals surface area contributed by atoms with Gasteiger partial charge < -0.3 is 14.6 Å². The number of hydrogen-bond donors (Lipinski definition) is 1. The molecule has 0 bridgehead atoms. The molecule has 0 saturated carbocycles. The lowest BCUT2D eigenvalue weighted by atomic mass is 10.1. The first-order valence-electron chi connectivity index (χ1n) is 7.93. The third-order valence-electron chi connectivity index (χ3n) is 4.09. The fraction of sp³-hybridized carbons (Fsp3) is 0.316. The van der Waals surface area contributed by atoms with Gasteiger partial charge >= 0.3 is 5.97 Å². The molecular weight excluding hydrogens is 320 g/mol. The van der Waals surface area contributed by atoms with Crippen LogP contribution in [0.3, 0.4) is 0 Å². The number of aromatic amines is 1. The molecule has 0 radical (unpaired) electrons. The van der Waals surface area contributed by atoms with Crippen LogP contribution in [0.25, 0.3) is 0 Å². The van der Waals surface area contributed by atoms with Crippen LogP contribution in [0.15, 0.2) is 30.3 Å². The number of aromatic nitrogens is 1. The maximum atomic E-state index is 12.5. The van der Waals surface area contributed by atoms with Gasteiger partial charge in [0.05, 0.1) is 24.8 Å². The largest absolute Gasteiger partial charge is 0.465 e. The topological polar surface area (TPSA) is 79.5 Å². The molecule has 1 aromatic carbocycles. The predicted molar refractivity (Wildman–Crippen MR) is 93.5 cm³/mol. The summed E-state index contributed by atoms with van der Waals surface area (Å²) < 4.78 is 4.79. The SMILES string of the molecule is COC(=O)c1c(CC(=O)N(C)Cc2ccccc2)[nH]c(C(C)=O)c1C.